The monoisotopic (exact) mass is 396 g/mol. The van der Waals surface area contributed by atoms with Crippen LogP contribution < -0.4 is 16.2 Å². The summed E-state index contributed by atoms with van der Waals surface area (Å²) in [6.45, 7) is 4.67. The zero-order valence-electron chi connectivity index (χ0n) is 16.8. The molecule has 3 unspecified atom stereocenters. The Labute approximate surface area is 171 Å². The third kappa shape index (κ3) is 4.83. The number of nitrogens with one attached hydrogen (secondary N) is 3. The summed E-state index contributed by atoms with van der Waals surface area (Å²) in [4.78, 5) is 15.2. The molecule has 0 radical (unpaired) electrons. The van der Waals surface area contributed by atoms with E-state index in [1.165, 1.54) is 11.6 Å². The number of amides is 1. The van der Waals surface area contributed by atoms with Gasteiger partial charge < -0.3 is 5.32 Å². The predicted molar refractivity (Wildman–Crippen MR) is 111 cm³/mol. The molecule has 0 spiro atoms. The Morgan fingerprint density at radius 3 is 2.59 bits per heavy atom. The van der Waals surface area contributed by atoms with Gasteiger partial charge in [0.2, 0.25) is 5.91 Å². The minimum Gasteiger partial charge on any atom is -0.352 e. The molecule has 0 aliphatic carbocycles. The number of carbonyl (C=O) groups is 1. The molecule has 0 bridgehead atoms. The molecule has 3 N–H and O–H groups in total. The Morgan fingerprint density at radius 1 is 1.10 bits per heavy atom. The maximum atomic E-state index is 13.4. The number of halogens is 1. The molecule has 0 aromatic heterocycles. The molecule has 0 saturated carbocycles. The average Bonchev–Trinajstić information content (AvgIpc) is 3.12. The van der Waals surface area contributed by atoms with E-state index >= 15 is 0 Å². The first-order chi connectivity index (χ1) is 14.1. The third-order valence-electron chi connectivity index (χ3n) is 6.12. The Morgan fingerprint density at radius 2 is 1.86 bits per heavy atom. The lowest BCUT2D eigenvalue weighted by molar-refractivity contribution is -0.124. The van der Waals surface area contributed by atoms with Crippen molar-refractivity contribution in [2.75, 3.05) is 13.1 Å². The first kappa shape index (κ1) is 20.0. The van der Waals surface area contributed by atoms with Gasteiger partial charge in [0, 0.05) is 31.6 Å². The highest BCUT2D eigenvalue weighted by Gasteiger charge is 2.38. The van der Waals surface area contributed by atoms with Crippen LogP contribution in [-0.4, -0.2) is 36.0 Å². The fraction of sp³-hybridized carbons (Fsp3) is 0.435. The lowest BCUT2D eigenvalue weighted by atomic mass is 9.90. The van der Waals surface area contributed by atoms with Crippen LogP contribution in [-0.2, 0) is 11.3 Å². The SMILES string of the molecule is CC1C(C(=O)NC2CCN(Cc3cccc(F)c3)CC2)NNC1c1ccccc1. The molecule has 2 saturated heterocycles. The smallest absolute Gasteiger partial charge is 0.239 e. The van der Waals surface area contributed by atoms with E-state index in [1.54, 1.807) is 12.1 Å². The molecule has 2 heterocycles. The summed E-state index contributed by atoms with van der Waals surface area (Å²) in [6, 6.07) is 17.1. The van der Waals surface area contributed by atoms with E-state index < -0.39 is 0 Å². The molecule has 5 nitrogen and oxygen atoms in total. The number of nitrogens with zero attached hydrogens (tertiary/aromatic N) is 1. The van der Waals surface area contributed by atoms with Gasteiger partial charge in [0.15, 0.2) is 0 Å². The average molecular weight is 397 g/mol. The highest BCUT2D eigenvalue weighted by Crippen LogP contribution is 2.28. The van der Waals surface area contributed by atoms with Crippen molar-refractivity contribution in [2.45, 2.75) is 44.4 Å². The number of hydrazine groups is 1. The van der Waals surface area contributed by atoms with Gasteiger partial charge in [-0.1, -0.05) is 49.4 Å². The Balaban J connectivity index is 1.26. The van der Waals surface area contributed by atoms with E-state index in [0.717, 1.165) is 38.0 Å². The summed E-state index contributed by atoms with van der Waals surface area (Å²) >= 11 is 0. The van der Waals surface area contributed by atoms with Gasteiger partial charge in [-0.15, -0.1) is 0 Å². The zero-order chi connectivity index (χ0) is 20.2. The van der Waals surface area contributed by atoms with Crippen molar-refractivity contribution in [3.8, 4) is 0 Å². The highest BCUT2D eigenvalue weighted by atomic mass is 19.1. The number of likely N-dealkylation sites (tertiary alicyclic amines) is 1. The summed E-state index contributed by atoms with van der Waals surface area (Å²) in [5.74, 6) is 0.0303. The van der Waals surface area contributed by atoms with Crippen molar-refractivity contribution in [1.82, 2.24) is 21.1 Å². The van der Waals surface area contributed by atoms with Crippen molar-refractivity contribution < 1.29 is 9.18 Å². The molecule has 2 fully saturated rings. The minimum absolute atomic E-state index is 0.0620. The third-order valence-corrected chi connectivity index (χ3v) is 6.12. The van der Waals surface area contributed by atoms with E-state index in [0.29, 0.717) is 0 Å². The van der Waals surface area contributed by atoms with Crippen molar-refractivity contribution in [3.05, 3.63) is 71.5 Å². The summed E-state index contributed by atoms with van der Waals surface area (Å²) in [7, 11) is 0. The molecule has 1 amide bonds. The van der Waals surface area contributed by atoms with Crippen LogP contribution in [0.4, 0.5) is 4.39 Å². The van der Waals surface area contributed by atoms with Crippen LogP contribution in [0.15, 0.2) is 54.6 Å². The van der Waals surface area contributed by atoms with Crippen LogP contribution in [0.2, 0.25) is 0 Å². The number of hydrogen-bond donors (Lipinski definition) is 3. The van der Waals surface area contributed by atoms with Crippen LogP contribution in [0.5, 0.6) is 0 Å². The first-order valence-corrected chi connectivity index (χ1v) is 10.4. The molecule has 2 aliphatic rings. The second-order valence-corrected chi connectivity index (χ2v) is 8.20. The van der Waals surface area contributed by atoms with E-state index in [2.05, 4.69) is 40.1 Å². The maximum absolute atomic E-state index is 13.4. The largest absolute Gasteiger partial charge is 0.352 e. The highest BCUT2D eigenvalue weighted by molar-refractivity contribution is 5.82. The number of hydrogen-bond acceptors (Lipinski definition) is 4. The van der Waals surface area contributed by atoms with E-state index in [-0.39, 0.29) is 35.8 Å². The Kier molecular flexibility index (Phi) is 6.23. The fourth-order valence-corrected chi connectivity index (χ4v) is 4.41. The minimum atomic E-state index is -0.245. The molecule has 6 heteroatoms. The van der Waals surface area contributed by atoms with E-state index in [9.17, 15) is 9.18 Å². The summed E-state index contributed by atoms with van der Waals surface area (Å²) in [5, 5.41) is 3.23. The second-order valence-electron chi connectivity index (χ2n) is 8.20. The number of benzene rings is 2. The van der Waals surface area contributed by atoms with Gasteiger partial charge in [0.1, 0.15) is 11.9 Å². The lowest BCUT2D eigenvalue weighted by Gasteiger charge is -2.33. The van der Waals surface area contributed by atoms with Gasteiger partial charge >= 0.3 is 0 Å². The second kappa shape index (κ2) is 9.03. The zero-order valence-corrected chi connectivity index (χ0v) is 16.8. The number of rotatable bonds is 5. The molecular weight excluding hydrogens is 367 g/mol. The van der Waals surface area contributed by atoms with Crippen molar-refractivity contribution in [1.29, 1.82) is 0 Å². The molecule has 29 heavy (non-hydrogen) atoms. The van der Waals surface area contributed by atoms with E-state index in [1.807, 2.05) is 24.3 Å². The lowest BCUT2D eigenvalue weighted by Crippen LogP contribution is -2.51. The quantitative estimate of drug-likeness (QED) is 0.728. The van der Waals surface area contributed by atoms with Crippen molar-refractivity contribution >= 4 is 5.91 Å². The van der Waals surface area contributed by atoms with Crippen molar-refractivity contribution in [2.24, 2.45) is 5.92 Å². The molecule has 2 aromatic rings. The summed E-state index contributed by atoms with van der Waals surface area (Å²) < 4.78 is 13.4. The van der Waals surface area contributed by atoms with Crippen molar-refractivity contribution in [3.63, 3.8) is 0 Å². The Bertz CT molecular complexity index is 823. The van der Waals surface area contributed by atoms with Gasteiger partial charge in [0.05, 0.1) is 6.04 Å². The number of piperidine rings is 1. The molecule has 3 atom stereocenters. The van der Waals surface area contributed by atoms with Crippen LogP contribution in [0.25, 0.3) is 0 Å². The van der Waals surface area contributed by atoms with Gasteiger partial charge in [-0.3, -0.25) is 9.69 Å². The van der Waals surface area contributed by atoms with Crippen LogP contribution in [0, 0.1) is 11.7 Å². The van der Waals surface area contributed by atoms with Gasteiger partial charge in [0.25, 0.3) is 0 Å². The van der Waals surface area contributed by atoms with Crippen LogP contribution in [0.1, 0.15) is 36.9 Å². The van der Waals surface area contributed by atoms with Crippen LogP contribution >= 0.6 is 0 Å². The molecular formula is C23H29FN4O. The summed E-state index contributed by atoms with van der Waals surface area (Å²) in [6.07, 6.45) is 1.83. The normalized spacial score (nSPS) is 25.8. The number of carbonyl (C=O) groups excluding carboxylic acids is 1. The Hall–Kier alpha value is -2.28. The predicted octanol–water partition coefficient (Wildman–Crippen LogP) is 2.76. The van der Waals surface area contributed by atoms with Gasteiger partial charge in [-0.25, -0.2) is 15.2 Å². The first-order valence-electron chi connectivity index (χ1n) is 10.4. The topological polar surface area (TPSA) is 56.4 Å². The molecule has 154 valence electrons. The molecule has 2 aromatic carbocycles. The van der Waals surface area contributed by atoms with Crippen LogP contribution in [0.3, 0.4) is 0 Å². The maximum Gasteiger partial charge on any atom is 0.239 e. The van der Waals surface area contributed by atoms with E-state index in [4.69, 9.17) is 0 Å². The van der Waals surface area contributed by atoms with Gasteiger partial charge in [-0.2, -0.15) is 0 Å². The molecule has 4 rings (SSSR count). The standard InChI is InChI=1S/C23H29FN4O/c1-16-21(18-7-3-2-4-8-18)26-27-22(16)23(29)25-20-10-12-28(13-11-20)15-17-6-5-9-19(24)14-17/h2-9,14,16,20-22,26-27H,10-13,15H2,1H3,(H,25,29). The van der Waals surface area contributed by atoms with Gasteiger partial charge in [-0.05, 0) is 36.1 Å². The molecule has 2 aliphatic heterocycles. The summed E-state index contributed by atoms with van der Waals surface area (Å²) in [5.41, 5.74) is 8.65. The fourth-order valence-electron chi connectivity index (χ4n) is 4.41.